The van der Waals surface area contributed by atoms with Crippen molar-refractivity contribution in [1.82, 2.24) is 0 Å². The fraction of sp³-hybridized carbons (Fsp3) is 0.909. The Morgan fingerprint density at radius 3 is 3.00 bits per heavy atom. The highest BCUT2D eigenvalue weighted by Gasteiger charge is 2.19. The first-order chi connectivity index (χ1) is 6.34. The standard InChI is InChI=1S/C11H20O2/c1-13-9-5-7-10-6-3-2-4-8-11(10)12/h10H,2-9H2,1H3. The molecule has 1 aliphatic rings. The van der Waals surface area contributed by atoms with Crippen molar-refractivity contribution in [2.45, 2.75) is 44.9 Å². The molecule has 0 amide bonds. The van der Waals surface area contributed by atoms with E-state index in [1.54, 1.807) is 7.11 Å². The van der Waals surface area contributed by atoms with Gasteiger partial charge in [-0.15, -0.1) is 0 Å². The van der Waals surface area contributed by atoms with E-state index in [1.165, 1.54) is 12.8 Å². The maximum Gasteiger partial charge on any atom is 0.135 e. The number of carbonyl (C=O) groups is 1. The summed E-state index contributed by atoms with van der Waals surface area (Å²) in [5.74, 6) is 0.839. The van der Waals surface area contributed by atoms with Crippen LogP contribution in [0.4, 0.5) is 0 Å². The molecule has 1 fully saturated rings. The molecule has 0 saturated heterocycles. The Balaban J connectivity index is 2.24. The largest absolute Gasteiger partial charge is 0.385 e. The Bertz CT molecular complexity index is 154. The number of hydrogen-bond acceptors (Lipinski definition) is 2. The average molecular weight is 184 g/mol. The third kappa shape index (κ3) is 3.90. The highest BCUT2D eigenvalue weighted by atomic mass is 16.5. The van der Waals surface area contributed by atoms with Crippen molar-refractivity contribution in [3.05, 3.63) is 0 Å². The fourth-order valence-electron chi connectivity index (χ4n) is 2.01. The number of hydrogen-bond donors (Lipinski definition) is 0. The molecule has 0 spiro atoms. The molecular weight excluding hydrogens is 164 g/mol. The molecule has 13 heavy (non-hydrogen) atoms. The van der Waals surface area contributed by atoms with Gasteiger partial charge in [-0.05, 0) is 25.7 Å². The van der Waals surface area contributed by atoms with Crippen molar-refractivity contribution in [2.24, 2.45) is 5.92 Å². The first-order valence-corrected chi connectivity index (χ1v) is 5.36. The maximum absolute atomic E-state index is 11.6. The molecule has 0 aromatic heterocycles. The smallest absolute Gasteiger partial charge is 0.135 e. The van der Waals surface area contributed by atoms with E-state index in [0.29, 0.717) is 11.7 Å². The molecule has 0 aromatic rings. The SMILES string of the molecule is COCCCC1CCCCCC1=O. The van der Waals surface area contributed by atoms with Crippen molar-refractivity contribution in [1.29, 1.82) is 0 Å². The van der Waals surface area contributed by atoms with Gasteiger partial charge < -0.3 is 4.74 Å². The van der Waals surface area contributed by atoms with Gasteiger partial charge in [0.05, 0.1) is 0 Å². The lowest BCUT2D eigenvalue weighted by Crippen LogP contribution is -2.13. The molecule has 0 bridgehead atoms. The third-order valence-electron chi connectivity index (χ3n) is 2.83. The fourth-order valence-corrected chi connectivity index (χ4v) is 2.01. The minimum absolute atomic E-state index is 0.345. The zero-order valence-corrected chi connectivity index (χ0v) is 8.55. The van der Waals surface area contributed by atoms with Crippen molar-refractivity contribution in [3.63, 3.8) is 0 Å². The number of carbonyl (C=O) groups excluding carboxylic acids is 1. The molecule has 2 heteroatoms. The molecule has 0 aliphatic heterocycles. The zero-order valence-electron chi connectivity index (χ0n) is 8.55. The van der Waals surface area contributed by atoms with E-state index in [9.17, 15) is 4.79 Å². The summed E-state index contributed by atoms with van der Waals surface area (Å²) in [6, 6.07) is 0. The average Bonchev–Trinajstić information content (AvgIpc) is 2.32. The van der Waals surface area contributed by atoms with Gasteiger partial charge in [-0.3, -0.25) is 4.79 Å². The summed E-state index contributed by atoms with van der Waals surface area (Å²) in [5, 5.41) is 0. The van der Waals surface area contributed by atoms with Crippen LogP contribution in [0.2, 0.25) is 0 Å². The van der Waals surface area contributed by atoms with E-state index in [1.807, 2.05) is 0 Å². The van der Waals surface area contributed by atoms with Crippen LogP contribution in [0.15, 0.2) is 0 Å². The van der Waals surface area contributed by atoms with Crippen molar-refractivity contribution < 1.29 is 9.53 Å². The van der Waals surface area contributed by atoms with Crippen LogP contribution >= 0.6 is 0 Å². The lowest BCUT2D eigenvalue weighted by Gasteiger charge is -2.11. The minimum atomic E-state index is 0.345. The first-order valence-electron chi connectivity index (χ1n) is 5.36. The van der Waals surface area contributed by atoms with E-state index in [0.717, 1.165) is 38.7 Å². The molecule has 0 aromatic carbocycles. The van der Waals surface area contributed by atoms with Gasteiger partial charge in [-0.1, -0.05) is 12.8 Å². The minimum Gasteiger partial charge on any atom is -0.385 e. The van der Waals surface area contributed by atoms with Crippen molar-refractivity contribution in [2.75, 3.05) is 13.7 Å². The van der Waals surface area contributed by atoms with E-state index in [-0.39, 0.29) is 0 Å². The second-order valence-corrected chi connectivity index (χ2v) is 3.90. The number of ether oxygens (including phenoxy) is 1. The molecular formula is C11H20O2. The van der Waals surface area contributed by atoms with Crippen molar-refractivity contribution in [3.8, 4) is 0 Å². The summed E-state index contributed by atoms with van der Waals surface area (Å²) in [4.78, 5) is 11.6. The topological polar surface area (TPSA) is 26.3 Å². The number of rotatable bonds is 4. The zero-order chi connectivity index (χ0) is 9.52. The van der Waals surface area contributed by atoms with Crippen LogP contribution in [0, 0.1) is 5.92 Å². The molecule has 1 saturated carbocycles. The van der Waals surface area contributed by atoms with E-state index in [2.05, 4.69) is 0 Å². The molecule has 1 aliphatic carbocycles. The van der Waals surface area contributed by atoms with Gasteiger partial charge in [-0.2, -0.15) is 0 Å². The third-order valence-corrected chi connectivity index (χ3v) is 2.83. The highest BCUT2D eigenvalue weighted by molar-refractivity contribution is 5.81. The van der Waals surface area contributed by atoms with Gasteiger partial charge in [0.15, 0.2) is 0 Å². The summed E-state index contributed by atoms with van der Waals surface area (Å²) in [6.45, 7) is 0.795. The maximum atomic E-state index is 11.6. The van der Waals surface area contributed by atoms with Crippen LogP contribution in [0.1, 0.15) is 44.9 Å². The van der Waals surface area contributed by atoms with Crippen LogP contribution in [0.5, 0.6) is 0 Å². The Labute approximate surface area is 80.7 Å². The molecule has 2 nitrogen and oxygen atoms in total. The summed E-state index contributed by atoms with van der Waals surface area (Å²) in [5.41, 5.74) is 0. The van der Waals surface area contributed by atoms with E-state index in [4.69, 9.17) is 4.74 Å². The Kier molecular flexibility index (Phi) is 5.06. The van der Waals surface area contributed by atoms with Crippen LogP contribution in [-0.2, 0) is 9.53 Å². The van der Waals surface area contributed by atoms with Crippen molar-refractivity contribution >= 4 is 5.78 Å². The molecule has 1 unspecified atom stereocenters. The molecule has 0 heterocycles. The summed E-state index contributed by atoms with van der Waals surface area (Å²) < 4.78 is 4.99. The van der Waals surface area contributed by atoms with Crippen LogP contribution in [0.3, 0.4) is 0 Å². The first kappa shape index (κ1) is 10.7. The Morgan fingerprint density at radius 1 is 1.38 bits per heavy atom. The van der Waals surface area contributed by atoms with Gasteiger partial charge >= 0.3 is 0 Å². The van der Waals surface area contributed by atoms with Gasteiger partial charge in [0, 0.05) is 26.1 Å². The Hall–Kier alpha value is -0.370. The molecule has 76 valence electrons. The predicted molar refractivity (Wildman–Crippen MR) is 52.7 cm³/mol. The van der Waals surface area contributed by atoms with Gasteiger partial charge in [-0.25, -0.2) is 0 Å². The monoisotopic (exact) mass is 184 g/mol. The van der Waals surface area contributed by atoms with Crippen LogP contribution < -0.4 is 0 Å². The number of methoxy groups -OCH3 is 1. The predicted octanol–water partition coefficient (Wildman–Crippen LogP) is 2.56. The molecule has 1 atom stereocenters. The highest BCUT2D eigenvalue weighted by Crippen LogP contribution is 2.23. The number of ketones is 1. The van der Waals surface area contributed by atoms with Gasteiger partial charge in [0.1, 0.15) is 5.78 Å². The summed E-state index contributed by atoms with van der Waals surface area (Å²) in [6.07, 6.45) is 7.59. The second-order valence-electron chi connectivity index (χ2n) is 3.90. The lowest BCUT2D eigenvalue weighted by atomic mass is 9.94. The van der Waals surface area contributed by atoms with Gasteiger partial charge in [0.25, 0.3) is 0 Å². The van der Waals surface area contributed by atoms with Crippen LogP contribution in [-0.4, -0.2) is 19.5 Å². The normalized spacial score (nSPS) is 24.4. The van der Waals surface area contributed by atoms with Gasteiger partial charge in [0.2, 0.25) is 0 Å². The van der Waals surface area contributed by atoms with E-state index < -0.39 is 0 Å². The quantitative estimate of drug-likeness (QED) is 0.496. The van der Waals surface area contributed by atoms with Crippen LogP contribution in [0.25, 0.3) is 0 Å². The lowest BCUT2D eigenvalue weighted by molar-refractivity contribution is -0.123. The number of Topliss-reactive ketones (excluding diaryl/α,β-unsaturated/α-hetero) is 1. The second kappa shape index (κ2) is 6.14. The molecule has 0 N–H and O–H groups in total. The Morgan fingerprint density at radius 2 is 2.23 bits per heavy atom. The molecule has 1 rings (SSSR count). The van der Waals surface area contributed by atoms with E-state index >= 15 is 0 Å². The summed E-state index contributed by atoms with van der Waals surface area (Å²) >= 11 is 0. The summed E-state index contributed by atoms with van der Waals surface area (Å²) in [7, 11) is 1.72. The molecule has 0 radical (unpaired) electrons.